The summed E-state index contributed by atoms with van der Waals surface area (Å²) in [4.78, 5) is 2.96. The summed E-state index contributed by atoms with van der Waals surface area (Å²) in [5.74, 6) is 0.416. The van der Waals surface area contributed by atoms with Crippen LogP contribution < -0.4 is 0 Å². The van der Waals surface area contributed by atoms with Crippen molar-refractivity contribution >= 4 is 23.3 Å². The molecule has 1 aliphatic rings. The van der Waals surface area contributed by atoms with Crippen molar-refractivity contribution in [2.75, 3.05) is 0 Å². The van der Waals surface area contributed by atoms with E-state index >= 15 is 0 Å². The van der Waals surface area contributed by atoms with E-state index in [0.717, 1.165) is 12.1 Å². The Morgan fingerprint density at radius 3 is 2.88 bits per heavy atom. The molecule has 3 rings (SSSR count). The van der Waals surface area contributed by atoms with E-state index in [4.69, 9.17) is 12.2 Å². The number of aromatic nitrogens is 2. The number of nitrogens with one attached hydrogen (secondary N) is 1. The second-order valence-corrected chi connectivity index (χ2v) is 5.95. The summed E-state index contributed by atoms with van der Waals surface area (Å²) < 4.78 is 16.2. The van der Waals surface area contributed by atoms with Crippen LogP contribution in [-0.2, 0) is 6.54 Å². The minimum atomic E-state index is -0.234. The average molecular weight is 250 g/mol. The molecule has 1 aromatic carbocycles. The van der Waals surface area contributed by atoms with Crippen molar-refractivity contribution in [2.24, 2.45) is 11.3 Å². The Kier molecular flexibility index (Phi) is 2.20. The third-order valence-corrected chi connectivity index (χ3v) is 4.20. The summed E-state index contributed by atoms with van der Waals surface area (Å²) in [5.41, 5.74) is 1.81. The Morgan fingerprint density at radius 2 is 2.24 bits per heavy atom. The molecule has 0 bridgehead atoms. The number of H-pyrrole nitrogens is 1. The zero-order valence-electron chi connectivity index (χ0n) is 9.96. The van der Waals surface area contributed by atoms with E-state index in [9.17, 15) is 4.39 Å². The molecule has 17 heavy (non-hydrogen) atoms. The molecule has 1 heterocycles. The van der Waals surface area contributed by atoms with Crippen LogP contribution in [0, 0.1) is 21.9 Å². The molecule has 0 aliphatic heterocycles. The minimum absolute atomic E-state index is 0.234. The standard InChI is InChI=1S/C13H15FN2S/c1-13(2)6-8(13)7-16-10-5-3-4-9(14)11(10)15-12(16)17/h3-5,8H,6-7H2,1-2H3,(H,15,17). The molecule has 1 unspecified atom stereocenters. The highest BCUT2D eigenvalue weighted by Crippen LogP contribution is 2.52. The molecule has 90 valence electrons. The molecular formula is C13H15FN2S. The van der Waals surface area contributed by atoms with Gasteiger partial charge in [-0.05, 0) is 42.1 Å². The Hall–Kier alpha value is -1.16. The van der Waals surface area contributed by atoms with Crippen molar-refractivity contribution in [3.63, 3.8) is 0 Å². The van der Waals surface area contributed by atoms with Crippen LogP contribution >= 0.6 is 12.2 Å². The number of aromatic amines is 1. The number of benzene rings is 1. The predicted molar refractivity (Wildman–Crippen MR) is 69.0 cm³/mol. The molecule has 1 atom stereocenters. The average Bonchev–Trinajstić information content (AvgIpc) is 2.71. The summed E-state index contributed by atoms with van der Waals surface area (Å²) in [5, 5.41) is 0. The van der Waals surface area contributed by atoms with Crippen LogP contribution in [0.5, 0.6) is 0 Å². The van der Waals surface area contributed by atoms with Crippen molar-refractivity contribution in [3.05, 3.63) is 28.8 Å². The van der Waals surface area contributed by atoms with Crippen LogP contribution in [0.15, 0.2) is 18.2 Å². The normalized spacial score (nSPS) is 21.9. The van der Waals surface area contributed by atoms with Crippen LogP contribution in [0.2, 0.25) is 0 Å². The van der Waals surface area contributed by atoms with Crippen molar-refractivity contribution in [2.45, 2.75) is 26.8 Å². The van der Waals surface area contributed by atoms with Gasteiger partial charge in [0.15, 0.2) is 4.77 Å². The number of fused-ring (bicyclic) bond motifs is 1. The number of hydrogen-bond acceptors (Lipinski definition) is 1. The Balaban J connectivity index is 2.07. The van der Waals surface area contributed by atoms with Crippen LogP contribution in [0.4, 0.5) is 4.39 Å². The van der Waals surface area contributed by atoms with Crippen LogP contribution in [-0.4, -0.2) is 9.55 Å². The van der Waals surface area contributed by atoms with Gasteiger partial charge in [-0.25, -0.2) is 4.39 Å². The molecule has 0 saturated heterocycles. The van der Waals surface area contributed by atoms with Gasteiger partial charge >= 0.3 is 0 Å². The molecule has 0 radical (unpaired) electrons. The van der Waals surface area contributed by atoms with Gasteiger partial charge in [-0.1, -0.05) is 19.9 Å². The second kappa shape index (κ2) is 3.42. The third-order valence-electron chi connectivity index (χ3n) is 3.88. The van der Waals surface area contributed by atoms with Crippen LogP contribution in [0.3, 0.4) is 0 Å². The van der Waals surface area contributed by atoms with E-state index < -0.39 is 0 Å². The first-order valence-electron chi connectivity index (χ1n) is 5.86. The fraction of sp³-hybridized carbons (Fsp3) is 0.462. The largest absolute Gasteiger partial charge is 0.328 e. The van der Waals surface area contributed by atoms with Crippen LogP contribution in [0.25, 0.3) is 11.0 Å². The number of para-hydroxylation sites is 1. The molecule has 0 amide bonds. The lowest BCUT2D eigenvalue weighted by molar-refractivity contribution is 0.502. The number of halogens is 1. The maximum Gasteiger partial charge on any atom is 0.178 e. The first kappa shape index (κ1) is 11.0. The van der Waals surface area contributed by atoms with Gasteiger partial charge in [0, 0.05) is 6.54 Å². The van der Waals surface area contributed by atoms with Gasteiger partial charge in [-0.15, -0.1) is 0 Å². The fourth-order valence-electron chi connectivity index (χ4n) is 2.43. The first-order chi connectivity index (χ1) is 7.99. The Labute approximate surface area is 104 Å². The summed E-state index contributed by atoms with van der Waals surface area (Å²) >= 11 is 5.27. The zero-order valence-corrected chi connectivity index (χ0v) is 10.8. The maximum atomic E-state index is 13.6. The molecule has 1 N–H and O–H groups in total. The smallest absolute Gasteiger partial charge is 0.178 e. The van der Waals surface area contributed by atoms with E-state index in [1.165, 1.54) is 12.5 Å². The molecule has 2 nitrogen and oxygen atoms in total. The van der Waals surface area contributed by atoms with Gasteiger partial charge in [0.05, 0.1) is 5.52 Å². The molecule has 1 aromatic heterocycles. The summed E-state index contributed by atoms with van der Waals surface area (Å²) in [6.07, 6.45) is 1.22. The zero-order chi connectivity index (χ0) is 12.2. The second-order valence-electron chi connectivity index (χ2n) is 5.56. The van der Waals surface area contributed by atoms with Gasteiger partial charge in [0.1, 0.15) is 11.3 Å². The van der Waals surface area contributed by atoms with Gasteiger partial charge in [-0.2, -0.15) is 0 Å². The van der Waals surface area contributed by atoms with E-state index in [1.54, 1.807) is 6.07 Å². The lowest BCUT2D eigenvalue weighted by Gasteiger charge is -2.06. The number of imidazole rings is 1. The summed E-state index contributed by atoms with van der Waals surface area (Å²) in [7, 11) is 0. The molecular weight excluding hydrogens is 235 g/mol. The van der Waals surface area contributed by atoms with E-state index in [-0.39, 0.29) is 5.82 Å². The highest BCUT2D eigenvalue weighted by Gasteiger charge is 2.45. The molecule has 1 aliphatic carbocycles. The molecule has 4 heteroatoms. The third kappa shape index (κ3) is 1.71. The first-order valence-corrected chi connectivity index (χ1v) is 6.27. The lowest BCUT2D eigenvalue weighted by atomic mass is 10.1. The predicted octanol–water partition coefficient (Wildman–Crippen LogP) is 3.88. The van der Waals surface area contributed by atoms with Crippen molar-refractivity contribution in [1.29, 1.82) is 0 Å². The monoisotopic (exact) mass is 250 g/mol. The number of rotatable bonds is 2. The maximum absolute atomic E-state index is 13.6. The Morgan fingerprint density at radius 1 is 1.53 bits per heavy atom. The van der Waals surface area contributed by atoms with E-state index in [2.05, 4.69) is 18.8 Å². The number of nitrogens with zero attached hydrogens (tertiary/aromatic N) is 1. The lowest BCUT2D eigenvalue weighted by Crippen LogP contribution is -2.03. The van der Waals surface area contributed by atoms with E-state index in [0.29, 0.717) is 21.6 Å². The van der Waals surface area contributed by atoms with Gasteiger partial charge in [0.25, 0.3) is 0 Å². The SMILES string of the molecule is CC1(C)CC1Cn1c(=S)[nH]c2c(F)cccc21. The molecule has 1 saturated carbocycles. The van der Waals surface area contributed by atoms with E-state index in [1.807, 2.05) is 10.6 Å². The van der Waals surface area contributed by atoms with Crippen molar-refractivity contribution < 1.29 is 4.39 Å². The Bertz CT molecular complexity index is 638. The fourth-order valence-corrected chi connectivity index (χ4v) is 2.71. The molecule has 2 aromatic rings. The van der Waals surface area contributed by atoms with Gasteiger partial charge in [0.2, 0.25) is 0 Å². The number of hydrogen-bond donors (Lipinski definition) is 1. The highest BCUT2D eigenvalue weighted by molar-refractivity contribution is 7.71. The molecule has 0 spiro atoms. The summed E-state index contributed by atoms with van der Waals surface area (Å²) in [6.45, 7) is 5.41. The molecule has 1 fully saturated rings. The summed E-state index contributed by atoms with van der Waals surface area (Å²) in [6, 6.07) is 5.11. The van der Waals surface area contributed by atoms with Crippen molar-refractivity contribution in [1.82, 2.24) is 9.55 Å². The van der Waals surface area contributed by atoms with Crippen LogP contribution in [0.1, 0.15) is 20.3 Å². The topological polar surface area (TPSA) is 20.7 Å². The highest BCUT2D eigenvalue weighted by atomic mass is 32.1. The quantitative estimate of drug-likeness (QED) is 0.802. The van der Waals surface area contributed by atoms with Gasteiger partial charge in [-0.3, -0.25) is 0 Å². The minimum Gasteiger partial charge on any atom is -0.328 e. The van der Waals surface area contributed by atoms with Gasteiger partial charge < -0.3 is 9.55 Å². The van der Waals surface area contributed by atoms with Crippen molar-refractivity contribution in [3.8, 4) is 0 Å².